The van der Waals surface area contributed by atoms with E-state index in [1.807, 2.05) is 0 Å². The van der Waals surface area contributed by atoms with Crippen LogP contribution in [-0.2, 0) is 0 Å². The first-order valence-corrected chi connectivity index (χ1v) is 4.99. The quantitative estimate of drug-likeness (QED) is 0.560. The average molecular weight is 181 g/mol. The SMILES string of the molecule is F[B-](F)(F)C12CCSCC1C2. The van der Waals surface area contributed by atoms with E-state index in [0.29, 0.717) is 18.6 Å². The van der Waals surface area contributed by atoms with Crippen molar-refractivity contribution in [3.05, 3.63) is 0 Å². The van der Waals surface area contributed by atoms with Crippen LogP contribution in [0.25, 0.3) is 0 Å². The van der Waals surface area contributed by atoms with E-state index in [9.17, 15) is 12.9 Å². The van der Waals surface area contributed by atoms with Gasteiger partial charge in [-0.1, -0.05) is 24.1 Å². The molecule has 0 aromatic heterocycles. The second-order valence-corrected chi connectivity index (χ2v) is 4.68. The molecular formula is C6H9BF3S-. The van der Waals surface area contributed by atoms with E-state index in [-0.39, 0.29) is 5.92 Å². The number of hydrogen-bond acceptors (Lipinski definition) is 1. The molecule has 1 saturated carbocycles. The summed E-state index contributed by atoms with van der Waals surface area (Å²) in [5, 5.41) is -1.18. The Hall–Kier alpha value is 0.205. The van der Waals surface area contributed by atoms with Crippen molar-refractivity contribution < 1.29 is 12.9 Å². The molecule has 0 bridgehead atoms. The fourth-order valence-electron chi connectivity index (χ4n) is 1.98. The summed E-state index contributed by atoms with van der Waals surface area (Å²) < 4.78 is 37.3. The van der Waals surface area contributed by atoms with E-state index in [4.69, 9.17) is 0 Å². The highest BCUT2D eigenvalue weighted by Crippen LogP contribution is 2.72. The van der Waals surface area contributed by atoms with Crippen LogP contribution >= 0.6 is 11.8 Å². The third-order valence-electron chi connectivity index (χ3n) is 2.96. The second-order valence-electron chi connectivity index (χ2n) is 3.53. The summed E-state index contributed by atoms with van der Waals surface area (Å²) in [6, 6.07) is 0. The van der Waals surface area contributed by atoms with Crippen LogP contribution in [0.2, 0.25) is 5.31 Å². The van der Waals surface area contributed by atoms with E-state index >= 15 is 0 Å². The summed E-state index contributed by atoms with van der Waals surface area (Å²) in [6.45, 7) is -4.56. The minimum absolute atomic E-state index is 0.0266. The lowest BCUT2D eigenvalue weighted by Crippen LogP contribution is -2.30. The fourth-order valence-corrected chi connectivity index (χ4v) is 3.41. The van der Waals surface area contributed by atoms with E-state index in [0.717, 1.165) is 5.75 Å². The van der Waals surface area contributed by atoms with Gasteiger partial charge in [-0.25, -0.2) is 0 Å². The van der Waals surface area contributed by atoms with E-state index in [1.54, 1.807) is 11.8 Å². The molecule has 0 spiro atoms. The molecule has 2 aliphatic rings. The zero-order valence-corrected chi connectivity index (χ0v) is 6.84. The van der Waals surface area contributed by atoms with Gasteiger partial charge >= 0.3 is 6.98 Å². The van der Waals surface area contributed by atoms with Crippen LogP contribution in [0.4, 0.5) is 12.9 Å². The summed E-state index contributed by atoms with van der Waals surface area (Å²) in [5.41, 5.74) is 0. The van der Waals surface area contributed by atoms with Gasteiger partial charge < -0.3 is 12.9 Å². The molecule has 0 N–H and O–H groups in total. The van der Waals surface area contributed by atoms with Crippen molar-refractivity contribution in [2.45, 2.75) is 18.2 Å². The van der Waals surface area contributed by atoms with Crippen molar-refractivity contribution in [1.82, 2.24) is 0 Å². The Morgan fingerprint density at radius 2 is 2.09 bits per heavy atom. The normalized spacial score (nSPS) is 43.4. The number of fused-ring (bicyclic) bond motifs is 1. The van der Waals surface area contributed by atoms with Gasteiger partial charge in [0.15, 0.2) is 0 Å². The predicted octanol–water partition coefficient (Wildman–Crippen LogP) is 2.73. The Kier molecular flexibility index (Phi) is 1.51. The van der Waals surface area contributed by atoms with Crippen LogP contribution in [-0.4, -0.2) is 18.5 Å². The van der Waals surface area contributed by atoms with Crippen LogP contribution in [0.15, 0.2) is 0 Å². The molecule has 1 saturated heterocycles. The lowest BCUT2D eigenvalue weighted by molar-refractivity contribution is 0.408. The molecule has 64 valence electrons. The zero-order chi connectivity index (χ0) is 8.11. The first-order valence-electron chi connectivity index (χ1n) is 3.83. The van der Waals surface area contributed by atoms with Gasteiger partial charge in [-0.05, 0) is 11.5 Å². The topological polar surface area (TPSA) is 0 Å². The van der Waals surface area contributed by atoms with Gasteiger partial charge in [-0.15, -0.1) is 0 Å². The summed E-state index contributed by atoms with van der Waals surface area (Å²) >= 11 is 1.67. The number of halogens is 3. The lowest BCUT2D eigenvalue weighted by atomic mass is 9.65. The van der Waals surface area contributed by atoms with Crippen LogP contribution in [0.1, 0.15) is 12.8 Å². The van der Waals surface area contributed by atoms with Gasteiger partial charge in [-0.2, -0.15) is 11.8 Å². The summed E-state index contributed by atoms with van der Waals surface area (Å²) in [5.74, 6) is 1.42. The van der Waals surface area contributed by atoms with Crippen molar-refractivity contribution >= 4 is 18.7 Å². The van der Waals surface area contributed by atoms with Crippen molar-refractivity contribution in [2.24, 2.45) is 5.92 Å². The highest BCUT2D eigenvalue weighted by Gasteiger charge is 2.65. The van der Waals surface area contributed by atoms with Gasteiger partial charge in [0.05, 0.1) is 0 Å². The number of hydrogen-bond donors (Lipinski definition) is 0. The van der Waals surface area contributed by atoms with E-state index < -0.39 is 12.3 Å². The molecule has 2 fully saturated rings. The number of rotatable bonds is 1. The third kappa shape index (κ3) is 1.00. The van der Waals surface area contributed by atoms with Gasteiger partial charge in [0, 0.05) is 0 Å². The predicted molar refractivity (Wildman–Crippen MR) is 41.8 cm³/mol. The fraction of sp³-hybridized carbons (Fsp3) is 1.00. The largest absolute Gasteiger partial charge is 0.484 e. The van der Waals surface area contributed by atoms with Gasteiger partial charge in [0.25, 0.3) is 0 Å². The first-order chi connectivity index (χ1) is 5.06. The Labute approximate surface area is 68.0 Å². The molecule has 0 amide bonds. The average Bonchev–Trinajstić information content (AvgIpc) is 2.59. The zero-order valence-electron chi connectivity index (χ0n) is 6.03. The minimum Gasteiger partial charge on any atom is -0.449 e. The highest BCUT2D eigenvalue weighted by atomic mass is 32.2. The minimum atomic E-state index is -4.56. The van der Waals surface area contributed by atoms with Crippen LogP contribution in [0, 0.1) is 5.92 Å². The van der Waals surface area contributed by atoms with Gasteiger partial charge in [-0.3, -0.25) is 0 Å². The molecule has 0 radical (unpaired) electrons. The molecule has 2 unspecified atom stereocenters. The smallest absolute Gasteiger partial charge is 0.449 e. The number of thioether (sulfide) groups is 1. The molecule has 0 nitrogen and oxygen atoms in total. The second kappa shape index (κ2) is 2.12. The summed E-state index contributed by atoms with van der Waals surface area (Å²) in [4.78, 5) is 0. The van der Waals surface area contributed by atoms with Gasteiger partial charge in [0.2, 0.25) is 0 Å². The van der Waals surface area contributed by atoms with Crippen LogP contribution in [0.5, 0.6) is 0 Å². The molecule has 0 aromatic rings. The summed E-state index contributed by atoms with van der Waals surface area (Å²) in [6.07, 6.45) is 0.801. The standard InChI is InChI=1S/C6H9BF3S/c8-7(9,10)6-1-2-11-4-5(6)3-6/h5H,1-4H2/q-1. The molecule has 2 atom stereocenters. The molecule has 2 rings (SSSR count). The van der Waals surface area contributed by atoms with Crippen LogP contribution < -0.4 is 0 Å². The Bertz CT molecular complexity index is 181. The monoisotopic (exact) mass is 181 g/mol. The molecule has 1 heterocycles. The Morgan fingerprint density at radius 3 is 2.55 bits per heavy atom. The van der Waals surface area contributed by atoms with E-state index in [1.165, 1.54) is 0 Å². The lowest BCUT2D eigenvalue weighted by Gasteiger charge is -2.30. The summed E-state index contributed by atoms with van der Waals surface area (Å²) in [7, 11) is 0. The maximum Gasteiger partial charge on any atom is 0.484 e. The van der Waals surface area contributed by atoms with Crippen LogP contribution in [0.3, 0.4) is 0 Å². The van der Waals surface area contributed by atoms with Crippen molar-refractivity contribution in [1.29, 1.82) is 0 Å². The molecule has 5 heteroatoms. The molecule has 1 aliphatic heterocycles. The van der Waals surface area contributed by atoms with Crippen molar-refractivity contribution in [3.8, 4) is 0 Å². The van der Waals surface area contributed by atoms with E-state index in [2.05, 4.69) is 0 Å². The van der Waals surface area contributed by atoms with Crippen molar-refractivity contribution in [2.75, 3.05) is 11.5 Å². The molecular weight excluding hydrogens is 172 g/mol. The maximum absolute atomic E-state index is 12.4. The molecule has 1 aliphatic carbocycles. The third-order valence-corrected chi connectivity index (χ3v) is 4.09. The Morgan fingerprint density at radius 1 is 1.36 bits per heavy atom. The van der Waals surface area contributed by atoms with Gasteiger partial charge in [0.1, 0.15) is 0 Å². The Balaban J connectivity index is 2.13. The molecule has 0 aromatic carbocycles. The first kappa shape index (κ1) is 7.83. The molecule has 11 heavy (non-hydrogen) atoms. The van der Waals surface area contributed by atoms with Crippen molar-refractivity contribution in [3.63, 3.8) is 0 Å². The highest BCUT2D eigenvalue weighted by molar-refractivity contribution is 7.99. The maximum atomic E-state index is 12.4.